The molecule has 13 heavy (non-hydrogen) atoms. The van der Waals surface area contributed by atoms with Gasteiger partial charge in [0, 0.05) is 6.54 Å². The van der Waals surface area contributed by atoms with Crippen molar-refractivity contribution in [2.75, 3.05) is 25.5 Å². The number of ether oxygens (including phenoxy) is 1. The van der Waals surface area contributed by atoms with E-state index in [9.17, 15) is 0 Å². The third-order valence-corrected chi connectivity index (χ3v) is 1.66. The molecular weight excluding hydrogens is 196 g/mol. The van der Waals surface area contributed by atoms with Gasteiger partial charge in [0.15, 0.2) is 0 Å². The molecular formula is C6H11ClN4O2. The normalized spacial score (nSPS) is 22.3. The molecule has 74 valence electrons. The Morgan fingerprint density at radius 1 is 1.69 bits per heavy atom. The van der Waals surface area contributed by atoms with Crippen LogP contribution in [0.1, 0.15) is 6.17 Å². The Bertz CT molecular complexity index is 261. The highest BCUT2D eigenvalue weighted by atomic mass is 35.5. The molecule has 1 aliphatic rings. The van der Waals surface area contributed by atoms with Crippen LogP contribution in [0.5, 0.6) is 0 Å². The zero-order valence-corrected chi connectivity index (χ0v) is 7.70. The summed E-state index contributed by atoms with van der Waals surface area (Å²) in [6, 6.07) is 0. The van der Waals surface area contributed by atoms with Gasteiger partial charge in [0.25, 0.3) is 0 Å². The Kier molecular flexibility index (Phi) is 3.47. The number of morpholine rings is 1. The predicted octanol–water partition coefficient (Wildman–Crippen LogP) is -4.33. The van der Waals surface area contributed by atoms with Gasteiger partial charge in [0.05, 0.1) is 11.7 Å². The molecule has 1 aliphatic heterocycles. The summed E-state index contributed by atoms with van der Waals surface area (Å²) < 4.78 is 10.3. The van der Waals surface area contributed by atoms with Gasteiger partial charge in [-0.2, -0.15) is 0 Å². The molecule has 1 unspecified atom stereocenters. The summed E-state index contributed by atoms with van der Waals surface area (Å²) >= 11 is 0. The van der Waals surface area contributed by atoms with Crippen molar-refractivity contribution in [3.05, 3.63) is 6.26 Å². The fourth-order valence-electron chi connectivity index (χ4n) is 1.11. The van der Waals surface area contributed by atoms with Crippen molar-refractivity contribution in [1.82, 2.24) is 10.4 Å². The van der Waals surface area contributed by atoms with Crippen LogP contribution < -0.4 is 28.3 Å². The van der Waals surface area contributed by atoms with E-state index in [1.54, 1.807) is 0 Å². The monoisotopic (exact) mass is 206 g/mol. The van der Waals surface area contributed by atoms with Gasteiger partial charge in [-0.3, -0.25) is 0 Å². The quantitative estimate of drug-likeness (QED) is 0.455. The van der Waals surface area contributed by atoms with Gasteiger partial charge in [0.2, 0.25) is 12.1 Å². The first-order chi connectivity index (χ1) is 5.86. The average molecular weight is 207 g/mol. The number of halogens is 1. The molecule has 2 heterocycles. The maximum Gasteiger partial charge on any atom is 0.309 e. The maximum absolute atomic E-state index is 5.39. The lowest BCUT2D eigenvalue weighted by Gasteiger charge is -2.14. The minimum absolute atomic E-state index is 0. The molecule has 0 radical (unpaired) electrons. The van der Waals surface area contributed by atoms with Crippen LogP contribution in [0.25, 0.3) is 0 Å². The first-order valence-corrected chi connectivity index (χ1v) is 3.81. The molecule has 0 aromatic carbocycles. The molecule has 0 bridgehead atoms. The summed E-state index contributed by atoms with van der Waals surface area (Å²) in [5.74, 6) is 0.377. The zero-order chi connectivity index (χ0) is 8.39. The Labute approximate surface area is 81.4 Å². The second-order valence-electron chi connectivity index (χ2n) is 2.60. The van der Waals surface area contributed by atoms with Crippen LogP contribution in [0.2, 0.25) is 0 Å². The predicted molar refractivity (Wildman–Crippen MR) is 39.0 cm³/mol. The molecule has 0 spiro atoms. The Hall–Kier alpha value is -0.850. The van der Waals surface area contributed by atoms with Crippen molar-refractivity contribution >= 4 is 5.82 Å². The third kappa shape index (κ3) is 2.30. The number of hydrogen-bond acceptors (Lipinski definition) is 5. The molecule has 1 aromatic heterocycles. The van der Waals surface area contributed by atoms with Gasteiger partial charge in [0.1, 0.15) is 11.5 Å². The van der Waals surface area contributed by atoms with Gasteiger partial charge in [-0.05, 0) is 0 Å². The number of hydrogen-bond donors (Lipinski definition) is 2. The largest absolute Gasteiger partial charge is 1.00 e. The van der Waals surface area contributed by atoms with E-state index in [1.165, 1.54) is 11.1 Å². The van der Waals surface area contributed by atoms with Crippen molar-refractivity contribution < 1.29 is 26.5 Å². The van der Waals surface area contributed by atoms with Crippen LogP contribution in [-0.2, 0) is 4.74 Å². The fourth-order valence-corrected chi connectivity index (χ4v) is 1.11. The SMILES string of the molecule is Nc1co[n+](C2COCCN2)n1.[Cl-]. The summed E-state index contributed by atoms with van der Waals surface area (Å²) in [6.07, 6.45) is 1.37. The van der Waals surface area contributed by atoms with Crippen molar-refractivity contribution in [2.24, 2.45) is 0 Å². The average Bonchev–Trinajstić information content (AvgIpc) is 2.54. The highest BCUT2D eigenvalue weighted by Gasteiger charge is 2.27. The van der Waals surface area contributed by atoms with Gasteiger partial charge in [-0.1, -0.05) is 0 Å². The Balaban J connectivity index is 0.000000845. The lowest BCUT2D eigenvalue weighted by atomic mass is 10.4. The molecule has 0 aliphatic carbocycles. The fraction of sp³-hybridized carbons (Fsp3) is 0.667. The smallest absolute Gasteiger partial charge is 0.309 e. The number of anilines is 1. The molecule has 1 atom stereocenters. The van der Waals surface area contributed by atoms with Crippen LogP contribution in [0.4, 0.5) is 5.82 Å². The maximum atomic E-state index is 5.39. The molecule has 3 N–H and O–H groups in total. The van der Waals surface area contributed by atoms with Crippen LogP contribution in [0.15, 0.2) is 10.8 Å². The molecule has 1 aromatic rings. The highest BCUT2D eigenvalue weighted by Crippen LogP contribution is 1.98. The Morgan fingerprint density at radius 3 is 3.08 bits per heavy atom. The number of aromatic nitrogens is 2. The molecule has 1 fully saturated rings. The molecule has 2 rings (SSSR count). The Morgan fingerprint density at radius 2 is 2.54 bits per heavy atom. The first kappa shape index (κ1) is 10.2. The van der Waals surface area contributed by atoms with E-state index in [-0.39, 0.29) is 18.6 Å². The number of nitrogen functional groups attached to an aromatic ring is 1. The van der Waals surface area contributed by atoms with E-state index in [0.29, 0.717) is 12.4 Å². The summed E-state index contributed by atoms with van der Waals surface area (Å²) in [5.41, 5.74) is 5.39. The number of nitrogens with two attached hydrogens (primary N) is 1. The van der Waals surface area contributed by atoms with Crippen molar-refractivity contribution in [2.45, 2.75) is 6.17 Å². The van der Waals surface area contributed by atoms with Gasteiger partial charge in [-0.15, -0.1) is 0 Å². The van der Waals surface area contributed by atoms with E-state index in [0.717, 1.165) is 13.2 Å². The molecule has 1 saturated heterocycles. The van der Waals surface area contributed by atoms with Crippen LogP contribution in [0, 0.1) is 0 Å². The van der Waals surface area contributed by atoms with Crippen LogP contribution >= 0.6 is 0 Å². The first-order valence-electron chi connectivity index (χ1n) is 3.81. The highest BCUT2D eigenvalue weighted by molar-refractivity contribution is 5.15. The number of nitrogens with zero attached hydrogens (tertiary/aromatic N) is 2. The van der Waals surface area contributed by atoms with Crippen LogP contribution in [-0.4, -0.2) is 24.9 Å². The number of nitrogens with one attached hydrogen (secondary N) is 1. The zero-order valence-electron chi connectivity index (χ0n) is 6.94. The van der Waals surface area contributed by atoms with Gasteiger partial charge < -0.3 is 22.9 Å². The molecule has 6 nitrogen and oxygen atoms in total. The van der Waals surface area contributed by atoms with E-state index in [2.05, 4.69) is 10.4 Å². The minimum atomic E-state index is -0.0314. The lowest BCUT2D eigenvalue weighted by Crippen LogP contribution is -3.00. The molecule has 0 amide bonds. The third-order valence-electron chi connectivity index (χ3n) is 1.66. The summed E-state index contributed by atoms with van der Waals surface area (Å²) in [6.45, 7) is 2.10. The van der Waals surface area contributed by atoms with E-state index in [1.807, 2.05) is 0 Å². The second-order valence-corrected chi connectivity index (χ2v) is 2.60. The van der Waals surface area contributed by atoms with Gasteiger partial charge in [-0.25, -0.2) is 9.84 Å². The van der Waals surface area contributed by atoms with Crippen molar-refractivity contribution in [1.29, 1.82) is 0 Å². The van der Waals surface area contributed by atoms with Crippen molar-refractivity contribution in [3.8, 4) is 0 Å². The molecule has 0 saturated carbocycles. The summed E-state index contributed by atoms with van der Waals surface area (Å²) in [7, 11) is 0. The lowest BCUT2D eigenvalue weighted by molar-refractivity contribution is -0.930. The van der Waals surface area contributed by atoms with E-state index in [4.69, 9.17) is 15.0 Å². The number of rotatable bonds is 1. The van der Waals surface area contributed by atoms with Crippen LogP contribution in [0.3, 0.4) is 0 Å². The standard InChI is InChI=1S/C6H11N4O2.ClH/c7-5-3-12-10(9-5)6-4-11-2-1-8-6;/h3,6,8H,1-2,4,7H2;1H/q+1;/p-1. The van der Waals surface area contributed by atoms with E-state index >= 15 is 0 Å². The summed E-state index contributed by atoms with van der Waals surface area (Å²) in [5, 5.41) is 7.09. The minimum Gasteiger partial charge on any atom is -1.00 e. The summed E-state index contributed by atoms with van der Waals surface area (Å²) in [4.78, 5) is 1.41. The second kappa shape index (κ2) is 4.40. The van der Waals surface area contributed by atoms with Gasteiger partial charge >= 0.3 is 6.17 Å². The topological polar surface area (TPSA) is 77.2 Å². The van der Waals surface area contributed by atoms with Crippen molar-refractivity contribution in [3.63, 3.8) is 0 Å². The molecule has 7 heteroatoms. The van der Waals surface area contributed by atoms with E-state index < -0.39 is 0 Å².